The first-order valence-corrected chi connectivity index (χ1v) is 6.33. The second-order valence-corrected chi connectivity index (χ2v) is 4.91. The number of thiophene rings is 1. The summed E-state index contributed by atoms with van der Waals surface area (Å²) in [5, 5.41) is 2.64. The number of carbonyl (C=O) groups excluding carboxylic acids is 3. The van der Waals surface area contributed by atoms with E-state index in [1.54, 1.807) is 19.2 Å². The van der Waals surface area contributed by atoms with Gasteiger partial charge in [0.25, 0.3) is 11.8 Å². The molecule has 1 aromatic rings. The minimum absolute atomic E-state index is 0.324. The standard InChI is InChI=1S/C12H12N2O4S/c1-6-4-8(15)14(11(6)16)13-9-7(2)5-19-10(9)12(17)18-3/h4-5,13H,1-3H3. The summed E-state index contributed by atoms with van der Waals surface area (Å²) in [6.07, 6.45) is 1.24. The van der Waals surface area contributed by atoms with E-state index < -0.39 is 17.8 Å². The van der Waals surface area contributed by atoms with Crippen LogP contribution in [0.4, 0.5) is 5.69 Å². The average Bonchev–Trinajstić information content (AvgIpc) is 2.85. The lowest BCUT2D eigenvalue weighted by Gasteiger charge is -2.17. The molecule has 1 N–H and O–H groups in total. The molecule has 0 saturated carbocycles. The van der Waals surface area contributed by atoms with Crippen LogP contribution < -0.4 is 5.43 Å². The van der Waals surface area contributed by atoms with Gasteiger partial charge < -0.3 is 4.74 Å². The van der Waals surface area contributed by atoms with Crippen molar-refractivity contribution in [3.8, 4) is 0 Å². The Balaban J connectivity index is 2.30. The molecular formula is C12H12N2O4S. The van der Waals surface area contributed by atoms with E-state index in [2.05, 4.69) is 10.2 Å². The van der Waals surface area contributed by atoms with Crippen LogP contribution in [0.25, 0.3) is 0 Å². The first kappa shape index (κ1) is 13.3. The van der Waals surface area contributed by atoms with E-state index in [4.69, 9.17) is 0 Å². The highest BCUT2D eigenvalue weighted by atomic mass is 32.1. The molecule has 7 heteroatoms. The lowest BCUT2D eigenvalue weighted by atomic mass is 10.3. The van der Waals surface area contributed by atoms with Crippen molar-refractivity contribution in [2.75, 3.05) is 12.5 Å². The largest absolute Gasteiger partial charge is 0.465 e. The van der Waals surface area contributed by atoms with E-state index >= 15 is 0 Å². The van der Waals surface area contributed by atoms with Crippen LogP contribution in [0.2, 0.25) is 0 Å². The summed E-state index contributed by atoms with van der Waals surface area (Å²) in [7, 11) is 1.28. The Morgan fingerprint density at radius 1 is 1.37 bits per heavy atom. The van der Waals surface area contributed by atoms with Gasteiger partial charge in [0, 0.05) is 11.6 Å². The molecule has 0 unspecified atom stereocenters. The van der Waals surface area contributed by atoms with Crippen LogP contribution in [0, 0.1) is 6.92 Å². The van der Waals surface area contributed by atoms with E-state index in [0.717, 1.165) is 10.6 Å². The number of hydrogen-bond acceptors (Lipinski definition) is 6. The molecule has 2 heterocycles. The Morgan fingerprint density at radius 3 is 2.58 bits per heavy atom. The minimum Gasteiger partial charge on any atom is -0.465 e. The van der Waals surface area contributed by atoms with Gasteiger partial charge in [-0.2, -0.15) is 5.01 Å². The van der Waals surface area contributed by atoms with Crippen LogP contribution in [-0.4, -0.2) is 29.9 Å². The number of amides is 2. The molecule has 19 heavy (non-hydrogen) atoms. The molecule has 2 rings (SSSR count). The van der Waals surface area contributed by atoms with E-state index in [9.17, 15) is 14.4 Å². The second-order valence-electron chi connectivity index (χ2n) is 4.03. The number of hydrogen-bond donors (Lipinski definition) is 1. The summed E-state index contributed by atoms with van der Waals surface area (Å²) in [4.78, 5) is 35.3. The molecule has 0 saturated heterocycles. The van der Waals surface area contributed by atoms with Gasteiger partial charge in [0.2, 0.25) is 0 Å². The summed E-state index contributed by atoms with van der Waals surface area (Å²) in [5.74, 6) is -1.39. The third kappa shape index (κ3) is 2.24. The van der Waals surface area contributed by atoms with Crippen LogP contribution in [0.3, 0.4) is 0 Å². The summed E-state index contributed by atoms with van der Waals surface area (Å²) in [6, 6.07) is 0. The second kappa shape index (κ2) is 4.85. The number of ether oxygens (including phenoxy) is 1. The number of nitrogens with zero attached hydrogens (tertiary/aromatic N) is 1. The first-order valence-electron chi connectivity index (χ1n) is 5.45. The number of rotatable bonds is 3. The van der Waals surface area contributed by atoms with Crippen molar-refractivity contribution in [3.05, 3.63) is 27.5 Å². The summed E-state index contributed by atoms with van der Waals surface area (Å²) < 4.78 is 4.66. The van der Waals surface area contributed by atoms with Crippen LogP contribution in [0.15, 0.2) is 17.0 Å². The van der Waals surface area contributed by atoms with E-state index in [-0.39, 0.29) is 0 Å². The number of aryl methyl sites for hydroxylation is 1. The number of anilines is 1. The lowest BCUT2D eigenvalue weighted by Crippen LogP contribution is -2.36. The summed E-state index contributed by atoms with van der Waals surface area (Å²) >= 11 is 1.19. The number of imide groups is 1. The monoisotopic (exact) mass is 280 g/mol. The maximum absolute atomic E-state index is 11.8. The Kier molecular flexibility index (Phi) is 3.39. The molecule has 0 bridgehead atoms. The normalized spacial score (nSPS) is 14.7. The molecular weight excluding hydrogens is 268 g/mol. The topological polar surface area (TPSA) is 75.7 Å². The Labute approximate surface area is 113 Å². The van der Waals surface area contributed by atoms with Crippen LogP contribution in [-0.2, 0) is 14.3 Å². The van der Waals surface area contributed by atoms with Crippen molar-refractivity contribution in [3.63, 3.8) is 0 Å². The van der Waals surface area contributed by atoms with Crippen molar-refractivity contribution in [2.45, 2.75) is 13.8 Å². The fraction of sp³-hybridized carbons (Fsp3) is 0.250. The molecule has 0 fully saturated rings. The fourth-order valence-corrected chi connectivity index (χ4v) is 2.55. The molecule has 0 radical (unpaired) electrons. The van der Waals surface area contributed by atoms with Crippen LogP contribution in [0.5, 0.6) is 0 Å². The van der Waals surface area contributed by atoms with E-state index in [1.807, 2.05) is 0 Å². The number of methoxy groups -OCH3 is 1. The molecule has 1 aromatic heterocycles. The number of nitrogens with one attached hydrogen (secondary N) is 1. The van der Waals surface area contributed by atoms with Crippen molar-refractivity contribution >= 4 is 34.8 Å². The quantitative estimate of drug-likeness (QED) is 0.670. The third-order valence-corrected chi connectivity index (χ3v) is 3.75. The van der Waals surface area contributed by atoms with Gasteiger partial charge in [-0.05, 0) is 24.8 Å². The highest BCUT2D eigenvalue weighted by molar-refractivity contribution is 7.12. The van der Waals surface area contributed by atoms with Crippen LogP contribution >= 0.6 is 11.3 Å². The molecule has 0 atom stereocenters. The van der Waals surface area contributed by atoms with Crippen molar-refractivity contribution in [1.29, 1.82) is 0 Å². The van der Waals surface area contributed by atoms with Crippen molar-refractivity contribution < 1.29 is 19.1 Å². The maximum atomic E-state index is 11.8. The lowest BCUT2D eigenvalue weighted by molar-refractivity contribution is -0.135. The van der Waals surface area contributed by atoms with Gasteiger partial charge in [-0.1, -0.05) is 0 Å². The van der Waals surface area contributed by atoms with Gasteiger partial charge in [0.1, 0.15) is 4.88 Å². The highest BCUT2D eigenvalue weighted by Gasteiger charge is 2.30. The Bertz CT molecular complexity index is 603. The summed E-state index contributed by atoms with van der Waals surface area (Å²) in [5.41, 5.74) is 4.22. The zero-order valence-corrected chi connectivity index (χ0v) is 11.5. The van der Waals surface area contributed by atoms with E-state index in [0.29, 0.717) is 16.1 Å². The molecule has 1 aliphatic heterocycles. The average molecular weight is 280 g/mol. The number of esters is 1. The zero-order chi connectivity index (χ0) is 14.2. The molecule has 1 aliphatic rings. The fourth-order valence-electron chi connectivity index (χ4n) is 1.63. The Morgan fingerprint density at radius 2 is 2.05 bits per heavy atom. The predicted molar refractivity (Wildman–Crippen MR) is 69.6 cm³/mol. The van der Waals surface area contributed by atoms with Gasteiger partial charge in [-0.3, -0.25) is 15.0 Å². The van der Waals surface area contributed by atoms with Crippen molar-refractivity contribution in [1.82, 2.24) is 5.01 Å². The minimum atomic E-state index is -0.510. The highest BCUT2D eigenvalue weighted by Crippen LogP contribution is 2.29. The first-order chi connectivity index (χ1) is 8.95. The molecule has 0 aromatic carbocycles. The third-order valence-electron chi connectivity index (χ3n) is 2.67. The Hall–Kier alpha value is -2.15. The van der Waals surface area contributed by atoms with Crippen LogP contribution in [0.1, 0.15) is 22.2 Å². The molecule has 0 spiro atoms. The zero-order valence-electron chi connectivity index (χ0n) is 10.6. The number of carbonyl (C=O) groups is 3. The smallest absolute Gasteiger partial charge is 0.350 e. The molecule has 100 valence electrons. The van der Waals surface area contributed by atoms with Gasteiger partial charge in [-0.15, -0.1) is 11.3 Å². The number of hydrazine groups is 1. The van der Waals surface area contributed by atoms with Gasteiger partial charge >= 0.3 is 5.97 Å². The molecule has 0 aliphatic carbocycles. The predicted octanol–water partition coefficient (Wildman–Crippen LogP) is 1.49. The summed E-state index contributed by atoms with van der Waals surface area (Å²) in [6.45, 7) is 3.33. The van der Waals surface area contributed by atoms with Crippen molar-refractivity contribution in [2.24, 2.45) is 0 Å². The van der Waals surface area contributed by atoms with Gasteiger partial charge in [0.05, 0.1) is 12.8 Å². The van der Waals surface area contributed by atoms with Gasteiger partial charge in [-0.25, -0.2) is 4.79 Å². The SMILES string of the molecule is COC(=O)c1scc(C)c1NN1C(=O)C=C(C)C1=O. The maximum Gasteiger partial charge on any atom is 0.350 e. The molecule has 6 nitrogen and oxygen atoms in total. The van der Waals surface area contributed by atoms with E-state index in [1.165, 1.54) is 24.5 Å². The van der Waals surface area contributed by atoms with Gasteiger partial charge in [0.15, 0.2) is 0 Å². The molecule has 2 amide bonds.